The van der Waals surface area contributed by atoms with E-state index in [1.54, 1.807) is 12.3 Å². The Morgan fingerprint density at radius 2 is 1.94 bits per heavy atom. The third-order valence-electron chi connectivity index (χ3n) is 6.33. The highest BCUT2D eigenvalue weighted by Crippen LogP contribution is 2.34. The van der Waals surface area contributed by atoms with E-state index in [9.17, 15) is 4.79 Å². The SMILES string of the molecule is CCOC(=O)CC1CCN(c2ccc(-c3cccnc3OC3CCCC3)cc2F)CC1. The molecule has 0 bridgehead atoms. The number of ether oxygens (including phenoxy) is 2. The van der Waals surface area contributed by atoms with E-state index < -0.39 is 0 Å². The Labute approximate surface area is 183 Å². The summed E-state index contributed by atoms with van der Waals surface area (Å²) in [5.74, 6) is 0.519. The molecule has 2 heterocycles. The normalized spacial score (nSPS) is 17.7. The maximum absolute atomic E-state index is 15.1. The molecule has 0 amide bonds. The summed E-state index contributed by atoms with van der Waals surface area (Å²) in [5, 5.41) is 0. The Bertz CT molecular complexity index is 890. The predicted octanol–water partition coefficient (Wildman–Crippen LogP) is 5.38. The number of anilines is 1. The molecule has 1 aliphatic carbocycles. The van der Waals surface area contributed by atoms with E-state index in [2.05, 4.69) is 9.88 Å². The van der Waals surface area contributed by atoms with Crippen molar-refractivity contribution in [1.29, 1.82) is 0 Å². The molecule has 0 radical (unpaired) electrons. The van der Waals surface area contributed by atoms with Crippen LogP contribution in [0.5, 0.6) is 5.88 Å². The molecular weight excluding hydrogens is 395 g/mol. The van der Waals surface area contributed by atoms with Crippen LogP contribution in [0.15, 0.2) is 36.5 Å². The van der Waals surface area contributed by atoms with E-state index in [0.717, 1.165) is 49.9 Å². The Balaban J connectivity index is 1.43. The summed E-state index contributed by atoms with van der Waals surface area (Å²) in [6, 6.07) is 9.17. The number of benzene rings is 1. The van der Waals surface area contributed by atoms with Crippen LogP contribution in [-0.4, -0.2) is 36.8 Å². The van der Waals surface area contributed by atoms with Gasteiger partial charge in [-0.2, -0.15) is 0 Å². The summed E-state index contributed by atoms with van der Waals surface area (Å²) >= 11 is 0. The fourth-order valence-corrected chi connectivity index (χ4v) is 4.63. The highest BCUT2D eigenvalue weighted by Gasteiger charge is 2.24. The van der Waals surface area contributed by atoms with Crippen LogP contribution in [0.1, 0.15) is 51.9 Å². The van der Waals surface area contributed by atoms with Crippen molar-refractivity contribution >= 4 is 11.7 Å². The Kier molecular flexibility index (Phi) is 7.05. The number of carbonyl (C=O) groups is 1. The number of esters is 1. The molecule has 0 N–H and O–H groups in total. The van der Waals surface area contributed by atoms with Crippen molar-refractivity contribution in [1.82, 2.24) is 4.98 Å². The maximum Gasteiger partial charge on any atom is 0.306 e. The fraction of sp³-hybridized carbons (Fsp3) is 0.520. The second-order valence-electron chi connectivity index (χ2n) is 8.49. The van der Waals surface area contributed by atoms with Gasteiger partial charge in [0.25, 0.3) is 0 Å². The van der Waals surface area contributed by atoms with Crippen molar-refractivity contribution in [3.63, 3.8) is 0 Å². The minimum Gasteiger partial charge on any atom is -0.474 e. The monoisotopic (exact) mass is 426 g/mol. The summed E-state index contributed by atoms with van der Waals surface area (Å²) in [6.45, 7) is 3.72. The van der Waals surface area contributed by atoms with E-state index in [1.165, 1.54) is 12.8 Å². The van der Waals surface area contributed by atoms with Crippen molar-refractivity contribution < 1.29 is 18.7 Å². The van der Waals surface area contributed by atoms with Gasteiger partial charge < -0.3 is 14.4 Å². The van der Waals surface area contributed by atoms with Crippen LogP contribution in [0.3, 0.4) is 0 Å². The molecule has 1 saturated carbocycles. The molecule has 0 unspecified atom stereocenters. The first-order valence-electron chi connectivity index (χ1n) is 11.5. The summed E-state index contributed by atoms with van der Waals surface area (Å²) in [7, 11) is 0. The van der Waals surface area contributed by atoms with Crippen LogP contribution in [0.4, 0.5) is 10.1 Å². The molecule has 4 rings (SSSR count). The Morgan fingerprint density at radius 3 is 2.65 bits per heavy atom. The van der Waals surface area contributed by atoms with Gasteiger partial charge in [0, 0.05) is 31.3 Å². The molecule has 2 aliphatic rings. The van der Waals surface area contributed by atoms with Crippen LogP contribution in [0.25, 0.3) is 11.1 Å². The molecule has 2 fully saturated rings. The molecule has 0 atom stereocenters. The van der Waals surface area contributed by atoms with Crippen molar-refractivity contribution in [2.75, 3.05) is 24.6 Å². The summed E-state index contributed by atoms with van der Waals surface area (Å²) in [6.07, 6.45) is 8.58. The first-order chi connectivity index (χ1) is 15.1. The van der Waals surface area contributed by atoms with Gasteiger partial charge in [0.1, 0.15) is 11.9 Å². The van der Waals surface area contributed by atoms with Gasteiger partial charge in [0.2, 0.25) is 5.88 Å². The van der Waals surface area contributed by atoms with Gasteiger partial charge in [0.05, 0.1) is 12.3 Å². The van der Waals surface area contributed by atoms with Crippen LogP contribution >= 0.6 is 0 Å². The first-order valence-corrected chi connectivity index (χ1v) is 11.5. The number of hydrogen-bond acceptors (Lipinski definition) is 5. The van der Waals surface area contributed by atoms with Gasteiger partial charge in [-0.1, -0.05) is 6.07 Å². The van der Waals surface area contributed by atoms with Gasteiger partial charge in [-0.15, -0.1) is 0 Å². The second-order valence-corrected chi connectivity index (χ2v) is 8.49. The standard InChI is InChI=1S/C25H31FN2O3/c1-2-30-24(29)16-18-11-14-28(15-12-18)23-10-9-19(17-22(23)26)21-8-5-13-27-25(21)31-20-6-3-4-7-20/h5,8-10,13,17-18,20H,2-4,6-7,11-12,14-16H2,1H3. The number of rotatable bonds is 7. The molecule has 1 aromatic heterocycles. The minimum atomic E-state index is -0.239. The number of pyridine rings is 1. The van der Waals surface area contributed by atoms with Gasteiger partial charge >= 0.3 is 5.97 Å². The quantitative estimate of drug-likeness (QED) is 0.557. The number of hydrogen-bond donors (Lipinski definition) is 0. The average molecular weight is 427 g/mol. The Hall–Kier alpha value is -2.63. The molecule has 6 heteroatoms. The van der Waals surface area contributed by atoms with Crippen molar-refractivity contribution in [3.8, 4) is 17.0 Å². The van der Waals surface area contributed by atoms with Crippen molar-refractivity contribution in [2.24, 2.45) is 5.92 Å². The number of aromatic nitrogens is 1. The average Bonchev–Trinajstić information content (AvgIpc) is 3.28. The lowest BCUT2D eigenvalue weighted by Gasteiger charge is -2.33. The number of nitrogens with zero attached hydrogens (tertiary/aromatic N) is 2. The molecule has 5 nitrogen and oxygen atoms in total. The zero-order valence-corrected chi connectivity index (χ0v) is 18.2. The van der Waals surface area contributed by atoms with E-state index in [1.807, 2.05) is 31.2 Å². The maximum atomic E-state index is 15.1. The van der Waals surface area contributed by atoms with Gasteiger partial charge in [-0.3, -0.25) is 4.79 Å². The summed E-state index contributed by atoms with van der Waals surface area (Å²) < 4.78 is 26.3. The largest absolute Gasteiger partial charge is 0.474 e. The second kappa shape index (κ2) is 10.1. The number of carbonyl (C=O) groups excluding carboxylic acids is 1. The zero-order chi connectivity index (χ0) is 21.6. The fourth-order valence-electron chi connectivity index (χ4n) is 4.63. The third kappa shape index (κ3) is 5.35. The van der Waals surface area contributed by atoms with Crippen LogP contribution < -0.4 is 9.64 Å². The summed E-state index contributed by atoms with van der Waals surface area (Å²) in [4.78, 5) is 18.2. The van der Waals surface area contributed by atoms with Crippen LogP contribution in [0.2, 0.25) is 0 Å². The van der Waals surface area contributed by atoms with E-state index in [4.69, 9.17) is 9.47 Å². The zero-order valence-electron chi connectivity index (χ0n) is 18.2. The van der Waals surface area contributed by atoms with Gasteiger partial charge in [-0.25, -0.2) is 9.37 Å². The molecule has 2 aromatic rings. The van der Waals surface area contributed by atoms with Crippen molar-refractivity contribution in [3.05, 3.63) is 42.3 Å². The molecule has 1 saturated heterocycles. The molecule has 0 spiro atoms. The first kappa shape index (κ1) is 21.6. The van der Waals surface area contributed by atoms with Gasteiger partial charge in [-0.05, 0) is 81.2 Å². The van der Waals surface area contributed by atoms with E-state index >= 15 is 4.39 Å². The van der Waals surface area contributed by atoms with E-state index in [0.29, 0.717) is 30.5 Å². The third-order valence-corrected chi connectivity index (χ3v) is 6.33. The lowest BCUT2D eigenvalue weighted by molar-refractivity contribution is -0.144. The minimum absolute atomic E-state index is 0.136. The van der Waals surface area contributed by atoms with Crippen LogP contribution in [0, 0.1) is 11.7 Å². The smallest absolute Gasteiger partial charge is 0.306 e. The summed E-state index contributed by atoms with van der Waals surface area (Å²) in [5.41, 5.74) is 2.22. The lowest BCUT2D eigenvalue weighted by atomic mass is 9.93. The highest BCUT2D eigenvalue weighted by atomic mass is 19.1. The van der Waals surface area contributed by atoms with Crippen molar-refractivity contribution in [2.45, 2.75) is 58.0 Å². The lowest BCUT2D eigenvalue weighted by Crippen LogP contribution is -2.35. The highest BCUT2D eigenvalue weighted by molar-refractivity contribution is 5.71. The van der Waals surface area contributed by atoms with Gasteiger partial charge in [0.15, 0.2) is 0 Å². The molecule has 166 valence electrons. The number of piperidine rings is 1. The molecular formula is C25H31FN2O3. The van der Waals surface area contributed by atoms with E-state index in [-0.39, 0.29) is 17.9 Å². The topological polar surface area (TPSA) is 51.7 Å². The predicted molar refractivity (Wildman–Crippen MR) is 119 cm³/mol. The van der Waals surface area contributed by atoms with Crippen LogP contribution in [-0.2, 0) is 9.53 Å². The molecule has 31 heavy (non-hydrogen) atoms. The number of halogens is 1. The molecule has 1 aromatic carbocycles. The Morgan fingerprint density at radius 1 is 1.16 bits per heavy atom. The molecule has 1 aliphatic heterocycles.